The lowest BCUT2D eigenvalue weighted by Crippen LogP contribution is -1.93. The minimum absolute atomic E-state index is 0.153. The predicted octanol–water partition coefficient (Wildman–Crippen LogP) is 13.7. The summed E-state index contributed by atoms with van der Waals surface area (Å²) in [4.78, 5) is 0. The van der Waals surface area contributed by atoms with E-state index in [2.05, 4.69) is 115 Å². The fraction of sp³-hybridized carbons (Fsp3) is 0. The molecule has 0 bridgehead atoms. The molecular formula is C48H30O. The van der Waals surface area contributed by atoms with Crippen molar-refractivity contribution in [1.82, 2.24) is 0 Å². The Bertz CT molecular complexity index is 3080. The molecule has 0 atom stereocenters. The summed E-state index contributed by atoms with van der Waals surface area (Å²) in [5.74, 6) is 0. The molecule has 0 spiro atoms. The lowest BCUT2D eigenvalue weighted by atomic mass is 9.83. The molecule has 0 N–H and O–H groups in total. The van der Waals surface area contributed by atoms with Crippen LogP contribution in [0.3, 0.4) is 0 Å². The Labute approximate surface area is 291 Å². The van der Waals surface area contributed by atoms with Crippen LogP contribution in [0.4, 0.5) is 0 Å². The van der Waals surface area contributed by atoms with Gasteiger partial charge in [-0.25, -0.2) is 0 Å². The van der Waals surface area contributed by atoms with E-state index < -0.39 is 6.04 Å². The van der Waals surface area contributed by atoms with Gasteiger partial charge in [0.15, 0.2) is 0 Å². The molecule has 49 heavy (non-hydrogen) atoms. The standard InChI is InChI=1S/C48H30O/c1-3-14-31(15-4-1)33-26-27-41-45(30-33)49-44-25-13-24-42(48(41)44)46-37-20-9-11-22-39(37)47(40-23-12-10-21-38(40)46)43-29-35(32-16-5-2-6-17-32)28-34-18-7-8-19-36(34)43/h1-30H/i1D,3D,4D,14D,15D. The van der Waals surface area contributed by atoms with Crippen LogP contribution < -0.4 is 0 Å². The molecule has 10 aromatic rings. The van der Waals surface area contributed by atoms with Gasteiger partial charge in [0.1, 0.15) is 11.2 Å². The van der Waals surface area contributed by atoms with Crippen LogP contribution in [-0.2, 0) is 0 Å². The van der Waals surface area contributed by atoms with Gasteiger partial charge in [0, 0.05) is 10.8 Å². The van der Waals surface area contributed by atoms with E-state index in [-0.39, 0.29) is 29.7 Å². The zero-order chi connectivity index (χ0) is 36.7. The van der Waals surface area contributed by atoms with Gasteiger partial charge < -0.3 is 4.42 Å². The Morgan fingerprint density at radius 2 is 1.00 bits per heavy atom. The maximum Gasteiger partial charge on any atom is 0.136 e. The summed E-state index contributed by atoms with van der Waals surface area (Å²) in [7, 11) is 0. The highest BCUT2D eigenvalue weighted by Gasteiger charge is 2.21. The van der Waals surface area contributed by atoms with E-state index in [9.17, 15) is 0 Å². The molecule has 0 aliphatic rings. The number of rotatable bonds is 4. The summed E-state index contributed by atoms with van der Waals surface area (Å²) in [6.07, 6.45) is 0. The Balaban J connectivity index is 1.26. The van der Waals surface area contributed by atoms with Gasteiger partial charge in [0.25, 0.3) is 0 Å². The third kappa shape index (κ3) is 4.40. The van der Waals surface area contributed by atoms with Crippen LogP contribution in [0, 0.1) is 0 Å². The molecule has 9 aromatic carbocycles. The number of furan rings is 1. The Hall–Kier alpha value is -6.44. The SMILES string of the molecule is [2H]c1c([2H])c([2H])c(-c2ccc3c(c2)oc2cccc(-c4c5ccccc5c(-c5cc(-c6ccccc6)cc6ccccc56)c5ccccc45)c23)c([2H])c1[2H]. The highest BCUT2D eigenvalue weighted by atomic mass is 16.3. The van der Waals surface area contributed by atoms with Crippen molar-refractivity contribution in [2.24, 2.45) is 0 Å². The fourth-order valence-corrected chi connectivity index (χ4v) is 7.61. The van der Waals surface area contributed by atoms with Gasteiger partial charge in [-0.15, -0.1) is 0 Å². The molecule has 1 nitrogen and oxygen atoms in total. The van der Waals surface area contributed by atoms with E-state index >= 15 is 0 Å². The molecule has 0 aliphatic heterocycles. The lowest BCUT2D eigenvalue weighted by Gasteiger charge is -2.20. The monoisotopic (exact) mass is 627 g/mol. The topological polar surface area (TPSA) is 13.1 Å². The second-order valence-corrected chi connectivity index (χ2v) is 12.4. The van der Waals surface area contributed by atoms with E-state index in [1.807, 2.05) is 30.3 Å². The van der Waals surface area contributed by atoms with Crippen LogP contribution >= 0.6 is 0 Å². The first kappa shape index (κ1) is 23.0. The van der Waals surface area contributed by atoms with Crippen molar-refractivity contribution in [1.29, 1.82) is 0 Å². The summed E-state index contributed by atoms with van der Waals surface area (Å²) in [5, 5.41) is 8.76. The second kappa shape index (κ2) is 11.1. The lowest BCUT2D eigenvalue weighted by molar-refractivity contribution is 0.669. The maximum atomic E-state index is 8.56. The largest absolute Gasteiger partial charge is 0.456 e. The molecule has 10 rings (SSSR count). The van der Waals surface area contributed by atoms with E-state index in [1.54, 1.807) is 6.07 Å². The van der Waals surface area contributed by atoms with Crippen LogP contribution in [0.1, 0.15) is 6.85 Å². The molecular weight excluding hydrogens is 593 g/mol. The molecule has 1 aromatic heterocycles. The normalized spacial score (nSPS) is 13.1. The molecule has 0 radical (unpaired) electrons. The number of hydrogen-bond acceptors (Lipinski definition) is 1. The molecule has 0 aliphatic carbocycles. The molecule has 0 saturated carbocycles. The molecule has 0 amide bonds. The minimum Gasteiger partial charge on any atom is -0.456 e. The van der Waals surface area contributed by atoms with Crippen LogP contribution in [-0.4, -0.2) is 0 Å². The summed E-state index contributed by atoms with van der Waals surface area (Å²) in [5.41, 5.74) is 8.78. The zero-order valence-corrected chi connectivity index (χ0v) is 26.3. The Morgan fingerprint density at radius 1 is 0.367 bits per heavy atom. The van der Waals surface area contributed by atoms with E-state index in [4.69, 9.17) is 11.3 Å². The van der Waals surface area contributed by atoms with Crippen molar-refractivity contribution < 1.29 is 11.3 Å². The fourth-order valence-electron chi connectivity index (χ4n) is 7.61. The number of fused-ring (bicyclic) bond motifs is 6. The molecule has 0 saturated heterocycles. The van der Waals surface area contributed by atoms with Crippen molar-refractivity contribution in [3.8, 4) is 44.5 Å². The first-order valence-corrected chi connectivity index (χ1v) is 16.4. The summed E-state index contributed by atoms with van der Waals surface area (Å²) < 4.78 is 48.1. The van der Waals surface area contributed by atoms with Crippen molar-refractivity contribution >= 4 is 54.3 Å². The van der Waals surface area contributed by atoms with Gasteiger partial charge in [-0.3, -0.25) is 0 Å². The second-order valence-electron chi connectivity index (χ2n) is 12.4. The third-order valence-electron chi connectivity index (χ3n) is 9.72. The first-order chi connectivity index (χ1) is 26.4. The summed E-state index contributed by atoms with van der Waals surface area (Å²) >= 11 is 0. The molecule has 1 heterocycles. The molecule has 1 heteroatoms. The van der Waals surface area contributed by atoms with Crippen molar-refractivity contribution in [2.75, 3.05) is 0 Å². The van der Waals surface area contributed by atoms with Gasteiger partial charge in [0.05, 0.1) is 6.85 Å². The van der Waals surface area contributed by atoms with Crippen LogP contribution in [0.5, 0.6) is 0 Å². The number of hydrogen-bond donors (Lipinski definition) is 0. The van der Waals surface area contributed by atoms with Crippen LogP contribution in [0.15, 0.2) is 186 Å². The molecule has 0 fully saturated rings. The van der Waals surface area contributed by atoms with Crippen LogP contribution in [0.25, 0.3) is 98.8 Å². The van der Waals surface area contributed by atoms with Crippen molar-refractivity contribution in [2.45, 2.75) is 0 Å². The maximum absolute atomic E-state index is 8.56. The highest BCUT2D eigenvalue weighted by molar-refractivity contribution is 6.27. The average Bonchev–Trinajstić information content (AvgIpc) is 3.60. The summed E-state index contributed by atoms with van der Waals surface area (Å²) in [6, 6.07) is 51.2. The zero-order valence-electron chi connectivity index (χ0n) is 31.3. The van der Waals surface area contributed by atoms with Gasteiger partial charge >= 0.3 is 0 Å². The van der Waals surface area contributed by atoms with Gasteiger partial charge in [-0.1, -0.05) is 152 Å². The number of benzene rings is 9. The first-order valence-electron chi connectivity index (χ1n) is 18.9. The average molecular weight is 628 g/mol. The van der Waals surface area contributed by atoms with E-state index in [0.717, 1.165) is 43.4 Å². The molecule has 0 unspecified atom stereocenters. The van der Waals surface area contributed by atoms with Crippen molar-refractivity contribution in [3.05, 3.63) is 182 Å². The van der Waals surface area contributed by atoms with Gasteiger partial charge in [0.2, 0.25) is 0 Å². The van der Waals surface area contributed by atoms with E-state index in [0.29, 0.717) is 16.7 Å². The van der Waals surface area contributed by atoms with Crippen LogP contribution in [0.2, 0.25) is 0 Å². The van der Waals surface area contributed by atoms with Gasteiger partial charge in [-0.2, -0.15) is 0 Å². The third-order valence-corrected chi connectivity index (χ3v) is 9.72. The Kier molecular flexibility index (Phi) is 5.20. The van der Waals surface area contributed by atoms with Crippen molar-refractivity contribution in [3.63, 3.8) is 0 Å². The smallest absolute Gasteiger partial charge is 0.136 e. The predicted molar refractivity (Wildman–Crippen MR) is 208 cm³/mol. The van der Waals surface area contributed by atoms with Gasteiger partial charge in [-0.05, 0) is 107 Å². The quantitative estimate of drug-likeness (QED) is 0.177. The Morgan fingerprint density at radius 3 is 1.71 bits per heavy atom. The molecule has 228 valence electrons. The minimum atomic E-state index is -0.411. The summed E-state index contributed by atoms with van der Waals surface area (Å²) in [6.45, 7) is 0. The van der Waals surface area contributed by atoms with E-state index in [1.165, 1.54) is 33.0 Å². The highest BCUT2D eigenvalue weighted by Crippen LogP contribution is 2.48.